The fraction of sp³-hybridized carbons (Fsp3) is 0.333. The average Bonchev–Trinajstić information content (AvgIpc) is 2.37. The zero-order valence-corrected chi connectivity index (χ0v) is 12.8. The van der Waals surface area contributed by atoms with Crippen molar-refractivity contribution in [3.63, 3.8) is 0 Å². The van der Waals surface area contributed by atoms with Crippen LogP contribution in [0.5, 0.6) is 0 Å². The number of hydrogen-bond acceptors (Lipinski definition) is 6. The molecule has 0 aromatic heterocycles. The number of hydrogen-bond donors (Lipinski definition) is 1. The normalized spacial score (nSPS) is 10.4. The standard InChI is InChI=1S/C12H14O7S.Li.H/c1-3-18-11(13)8-5-6-9(12(14)19-4-2)10(7-8)20(15,16)17;;/h5-7H,3-4H2,1-2H3,(H,15,16,17);;/q;+1;-1. The molecule has 0 aliphatic heterocycles. The summed E-state index contributed by atoms with van der Waals surface area (Å²) in [6.07, 6.45) is 0. The van der Waals surface area contributed by atoms with Gasteiger partial charge in [0.05, 0.1) is 24.3 Å². The quantitative estimate of drug-likeness (QED) is 0.396. The molecule has 112 valence electrons. The predicted molar refractivity (Wildman–Crippen MR) is 69.3 cm³/mol. The van der Waals surface area contributed by atoms with Gasteiger partial charge >= 0.3 is 30.8 Å². The van der Waals surface area contributed by atoms with Gasteiger partial charge in [-0.25, -0.2) is 9.59 Å². The fourth-order valence-electron chi connectivity index (χ4n) is 1.45. The van der Waals surface area contributed by atoms with E-state index in [9.17, 15) is 18.0 Å². The van der Waals surface area contributed by atoms with Crippen LogP contribution in [-0.4, -0.2) is 38.1 Å². The van der Waals surface area contributed by atoms with Gasteiger partial charge in [0, 0.05) is 0 Å². The molecular formula is C12H15LiO7S. The van der Waals surface area contributed by atoms with Gasteiger partial charge in [-0.05, 0) is 32.0 Å². The van der Waals surface area contributed by atoms with E-state index in [4.69, 9.17) is 9.29 Å². The maximum Gasteiger partial charge on any atom is 1.00 e. The first kappa shape index (κ1) is 19.7. The van der Waals surface area contributed by atoms with Crippen LogP contribution in [0.15, 0.2) is 23.1 Å². The number of carbonyl (C=O) groups is 2. The third-order valence-corrected chi connectivity index (χ3v) is 3.16. The second-order valence-corrected chi connectivity index (χ2v) is 5.02. The minimum atomic E-state index is -4.68. The summed E-state index contributed by atoms with van der Waals surface area (Å²) >= 11 is 0. The maximum atomic E-state index is 11.6. The summed E-state index contributed by atoms with van der Waals surface area (Å²) in [5.41, 5.74) is -0.435. The molecule has 0 aliphatic carbocycles. The summed E-state index contributed by atoms with van der Waals surface area (Å²) in [5, 5.41) is 0. The molecule has 1 rings (SSSR count). The third-order valence-electron chi connectivity index (χ3n) is 2.27. The van der Waals surface area contributed by atoms with Crippen molar-refractivity contribution < 1.29 is 52.3 Å². The van der Waals surface area contributed by atoms with Gasteiger partial charge in [0.15, 0.2) is 0 Å². The van der Waals surface area contributed by atoms with Crippen LogP contribution in [0.1, 0.15) is 36.0 Å². The van der Waals surface area contributed by atoms with E-state index in [1.165, 1.54) is 6.07 Å². The maximum absolute atomic E-state index is 11.6. The Morgan fingerprint density at radius 3 is 2.14 bits per heavy atom. The SMILES string of the molecule is CCOC(=O)c1ccc(C(=O)OCC)c(S(=O)(=O)O)c1.[H-].[Li+]. The molecule has 0 atom stereocenters. The summed E-state index contributed by atoms with van der Waals surface area (Å²) in [5.74, 6) is -1.66. The van der Waals surface area contributed by atoms with E-state index in [-0.39, 0.29) is 44.6 Å². The second-order valence-electron chi connectivity index (χ2n) is 3.63. The van der Waals surface area contributed by atoms with Gasteiger partial charge in [0.25, 0.3) is 10.1 Å². The molecule has 0 aliphatic rings. The van der Waals surface area contributed by atoms with Crippen LogP contribution in [0.25, 0.3) is 0 Å². The second kappa shape index (κ2) is 8.19. The van der Waals surface area contributed by atoms with E-state index in [0.717, 1.165) is 12.1 Å². The summed E-state index contributed by atoms with van der Waals surface area (Å²) in [7, 11) is -4.68. The Hall–Kier alpha value is -1.33. The molecule has 1 aromatic carbocycles. The molecule has 0 heterocycles. The van der Waals surface area contributed by atoms with Crippen molar-refractivity contribution in [3.8, 4) is 0 Å². The van der Waals surface area contributed by atoms with Gasteiger partial charge in [0.2, 0.25) is 0 Å². The molecule has 0 saturated heterocycles. The average molecular weight is 310 g/mol. The van der Waals surface area contributed by atoms with Crippen LogP contribution in [-0.2, 0) is 19.6 Å². The Morgan fingerprint density at radius 2 is 1.67 bits per heavy atom. The summed E-state index contributed by atoms with van der Waals surface area (Å²) in [6, 6.07) is 3.19. The van der Waals surface area contributed by atoms with E-state index in [1.54, 1.807) is 13.8 Å². The van der Waals surface area contributed by atoms with Crippen molar-refractivity contribution in [1.29, 1.82) is 0 Å². The Balaban J connectivity index is 0. The molecule has 1 aromatic rings. The van der Waals surface area contributed by atoms with Gasteiger partial charge in [0.1, 0.15) is 4.90 Å². The molecule has 9 heteroatoms. The van der Waals surface area contributed by atoms with E-state index in [2.05, 4.69) is 4.74 Å². The molecule has 0 unspecified atom stereocenters. The van der Waals surface area contributed by atoms with Gasteiger partial charge in [-0.1, -0.05) is 0 Å². The Labute approximate surface area is 136 Å². The topological polar surface area (TPSA) is 107 Å². The van der Waals surface area contributed by atoms with Crippen LogP contribution in [0.3, 0.4) is 0 Å². The largest absolute Gasteiger partial charge is 1.00 e. The molecule has 1 N–H and O–H groups in total. The van der Waals surface area contributed by atoms with E-state index >= 15 is 0 Å². The van der Waals surface area contributed by atoms with Crippen LogP contribution in [0.4, 0.5) is 0 Å². The monoisotopic (exact) mass is 310 g/mol. The molecule has 0 spiro atoms. The molecule has 0 fully saturated rings. The molecule has 0 bridgehead atoms. The first-order chi connectivity index (χ1) is 9.31. The molecular weight excluding hydrogens is 295 g/mol. The van der Waals surface area contributed by atoms with E-state index in [0.29, 0.717) is 0 Å². The van der Waals surface area contributed by atoms with Gasteiger partial charge in [-0.2, -0.15) is 8.42 Å². The zero-order chi connectivity index (χ0) is 15.3. The van der Waals surface area contributed by atoms with Crippen molar-refractivity contribution in [2.24, 2.45) is 0 Å². The number of carbonyl (C=O) groups excluding carboxylic acids is 2. The first-order valence-corrected chi connectivity index (χ1v) is 7.21. The Bertz CT molecular complexity index is 630. The third kappa shape index (κ3) is 5.17. The van der Waals surface area contributed by atoms with E-state index < -0.39 is 27.0 Å². The summed E-state index contributed by atoms with van der Waals surface area (Å²) in [6.45, 7) is 3.30. The number of ether oxygens (including phenoxy) is 2. The number of esters is 2. The van der Waals surface area contributed by atoms with E-state index in [1.807, 2.05) is 0 Å². The van der Waals surface area contributed by atoms with Crippen LogP contribution in [0, 0.1) is 0 Å². The molecule has 7 nitrogen and oxygen atoms in total. The summed E-state index contributed by atoms with van der Waals surface area (Å²) in [4.78, 5) is 22.4. The van der Waals surface area contributed by atoms with Gasteiger partial charge < -0.3 is 10.9 Å². The minimum absolute atomic E-state index is 0. The molecule has 0 radical (unpaired) electrons. The molecule has 0 amide bonds. The molecule has 21 heavy (non-hydrogen) atoms. The Kier molecular flexibility index (Phi) is 7.67. The zero-order valence-electron chi connectivity index (χ0n) is 13.0. The van der Waals surface area contributed by atoms with Crippen molar-refractivity contribution in [2.45, 2.75) is 18.7 Å². The van der Waals surface area contributed by atoms with Crippen molar-refractivity contribution in [1.82, 2.24) is 0 Å². The van der Waals surface area contributed by atoms with Crippen molar-refractivity contribution in [3.05, 3.63) is 29.3 Å². The van der Waals surface area contributed by atoms with Gasteiger partial charge in [-0.3, -0.25) is 4.55 Å². The summed E-state index contributed by atoms with van der Waals surface area (Å²) < 4.78 is 41.1. The van der Waals surface area contributed by atoms with Gasteiger partial charge in [-0.15, -0.1) is 0 Å². The number of rotatable bonds is 5. The van der Waals surface area contributed by atoms with Crippen LogP contribution < -0.4 is 18.9 Å². The first-order valence-electron chi connectivity index (χ1n) is 5.77. The van der Waals surface area contributed by atoms with Crippen molar-refractivity contribution >= 4 is 22.1 Å². The predicted octanol–water partition coefficient (Wildman–Crippen LogP) is -1.60. The Morgan fingerprint density at radius 1 is 1.14 bits per heavy atom. The minimum Gasteiger partial charge on any atom is -1.00 e. The van der Waals surface area contributed by atoms with Crippen LogP contribution in [0.2, 0.25) is 0 Å². The fourth-order valence-corrected chi connectivity index (χ4v) is 2.16. The van der Waals surface area contributed by atoms with Crippen LogP contribution >= 0.6 is 0 Å². The molecule has 0 saturated carbocycles. The smallest absolute Gasteiger partial charge is 1.00 e. The number of benzene rings is 1. The van der Waals surface area contributed by atoms with Crippen molar-refractivity contribution in [2.75, 3.05) is 13.2 Å².